The molecule has 0 unspecified atom stereocenters. The van der Waals surface area contributed by atoms with E-state index in [4.69, 9.17) is 0 Å². The molecule has 236 valence electrons. The molecule has 4 aromatic rings. The number of nitrogens with one attached hydrogen (secondary N) is 1. The second-order valence-electron chi connectivity index (χ2n) is 11.1. The summed E-state index contributed by atoms with van der Waals surface area (Å²) in [7, 11) is -5.35. The van der Waals surface area contributed by atoms with Crippen LogP contribution in [0, 0.1) is 29.1 Å². The van der Waals surface area contributed by atoms with E-state index in [0.717, 1.165) is 37.7 Å². The van der Waals surface area contributed by atoms with Crippen LogP contribution in [0.25, 0.3) is 10.8 Å². The van der Waals surface area contributed by atoms with Gasteiger partial charge in [-0.05, 0) is 61.1 Å². The van der Waals surface area contributed by atoms with Crippen LogP contribution in [0.5, 0.6) is 0 Å². The highest BCUT2D eigenvalue weighted by molar-refractivity contribution is 7.89. The van der Waals surface area contributed by atoms with Gasteiger partial charge in [-0.2, -0.15) is 9.40 Å². The number of halogens is 5. The monoisotopic (exact) mass is 647 g/mol. The van der Waals surface area contributed by atoms with Crippen molar-refractivity contribution in [1.82, 2.24) is 19.5 Å². The number of pyridine rings is 1. The molecule has 1 aliphatic carbocycles. The zero-order chi connectivity index (χ0) is 32.0. The fraction of sp³-hybridized carbons (Fsp3) is 0.333. The van der Waals surface area contributed by atoms with Gasteiger partial charge in [0.2, 0.25) is 21.7 Å². The van der Waals surface area contributed by atoms with Gasteiger partial charge in [0, 0.05) is 23.8 Å². The van der Waals surface area contributed by atoms with E-state index in [1.165, 1.54) is 29.3 Å². The van der Waals surface area contributed by atoms with E-state index in [1.54, 1.807) is 6.20 Å². The van der Waals surface area contributed by atoms with Gasteiger partial charge in [-0.3, -0.25) is 14.6 Å². The summed E-state index contributed by atoms with van der Waals surface area (Å²) < 4.78 is 97.7. The number of fused-ring (bicyclic) bond motifs is 1. The van der Waals surface area contributed by atoms with Gasteiger partial charge in [0.05, 0.1) is 23.8 Å². The van der Waals surface area contributed by atoms with E-state index >= 15 is 0 Å². The molecule has 9 nitrogen and oxygen atoms in total. The number of anilines is 1. The van der Waals surface area contributed by atoms with E-state index in [9.17, 15) is 40.0 Å². The normalized spacial score (nSPS) is 17.8. The average Bonchev–Trinajstić information content (AvgIpc) is 3.01. The van der Waals surface area contributed by atoms with Crippen molar-refractivity contribution in [2.75, 3.05) is 11.4 Å². The predicted octanol–water partition coefficient (Wildman–Crippen LogP) is 5.06. The van der Waals surface area contributed by atoms with E-state index < -0.39 is 68.1 Å². The van der Waals surface area contributed by atoms with Crippen molar-refractivity contribution in [3.8, 4) is 0 Å². The molecule has 1 amide bonds. The van der Waals surface area contributed by atoms with Gasteiger partial charge in [0.25, 0.3) is 5.56 Å². The molecule has 1 saturated heterocycles. The van der Waals surface area contributed by atoms with Gasteiger partial charge < -0.3 is 4.90 Å². The molecule has 2 fully saturated rings. The number of nitrogens with zero attached hydrogens (tertiary/aromatic N) is 4. The van der Waals surface area contributed by atoms with E-state index in [-0.39, 0.29) is 24.0 Å². The summed E-state index contributed by atoms with van der Waals surface area (Å²) in [5.74, 6) is -12.9. The number of amides is 1. The molecular formula is C30H26F5N5O4S. The molecule has 6 rings (SSSR count). The lowest BCUT2D eigenvalue weighted by atomic mass is 9.84. The third kappa shape index (κ3) is 5.47. The summed E-state index contributed by atoms with van der Waals surface area (Å²) in [6.07, 6.45) is 8.24. The lowest BCUT2D eigenvalue weighted by Gasteiger charge is -2.41. The maximum atomic E-state index is 14.6. The number of aromatic nitrogens is 3. The fourth-order valence-electron chi connectivity index (χ4n) is 5.99. The first kappa shape index (κ1) is 30.8. The van der Waals surface area contributed by atoms with Crippen molar-refractivity contribution in [3.05, 3.63) is 93.4 Å². The number of benzene rings is 2. The zero-order valence-corrected chi connectivity index (χ0v) is 24.4. The van der Waals surface area contributed by atoms with Crippen LogP contribution in [-0.4, -0.2) is 46.4 Å². The molecular weight excluding hydrogens is 621 g/mol. The van der Waals surface area contributed by atoms with Gasteiger partial charge in [-0.25, -0.2) is 35.5 Å². The van der Waals surface area contributed by atoms with Crippen LogP contribution < -0.4 is 10.5 Å². The first-order chi connectivity index (χ1) is 21.5. The summed E-state index contributed by atoms with van der Waals surface area (Å²) in [5.41, 5.74) is 1.28. The third-order valence-electron chi connectivity index (χ3n) is 8.46. The molecule has 2 aliphatic rings. The second-order valence-corrected chi connectivity index (χ2v) is 13.0. The van der Waals surface area contributed by atoms with Gasteiger partial charge in [0.1, 0.15) is 6.04 Å². The molecule has 1 aliphatic heterocycles. The minimum atomic E-state index is -5.35. The molecule has 2 aromatic carbocycles. The summed E-state index contributed by atoms with van der Waals surface area (Å²) in [4.78, 5) is 29.9. The number of sulfonamides is 1. The highest BCUT2D eigenvalue weighted by Gasteiger charge is 2.48. The Morgan fingerprint density at radius 1 is 0.933 bits per heavy atom. The van der Waals surface area contributed by atoms with Crippen LogP contribution in [0.4, 0.5) is 27.6 Å². The van der Waals surface area contributed by atoms with Crippen LogP contribution in [0.3, 0.4) is 0 Å². The molecule has 0 bridgehead atoms. The number of carbonyl (C=O) groups excluding carboxylic acids is 1. The molecule has 3 heterocycles. The lowest BCUT2D eigenvalue weighted by molar-refractivity contribution is -0.125. The Labute approximate surface area is 253 Å². The minimum Gasteiger partial charge on any atom is -0.305 e. The van der Waals surface area contributed by atoms with Crippen molar-refractivity contribution >= 4 is 32.4 Å². The smallest absolute Gasteiger partial charge is 0.272 e. The Morgan fingerprint density at radius 3 is 2.29 bits per heavy atom. The SMILES string of the molecule is O=C([C@H]1CCN1S(=O)(=O)c1c(F)c(F)c(F)c(F)c1F)N(Cc1cc(C2CCCCC2)ccn1)c1ccc2c(=O)[nH]ncc2c1. The first-order valence-corrected chi connectivity index (χ1v) is 15.7. The fourth-order valence-corrected chi connectivity index (χ4v) is 7.73. The van der Waals surface area contributed by atoms with Crippen molar-refractivity contribution in [3.63, 3.8) is 0 Å². The molecule has 1 N–H and O–H groups in total. The highest BCUT2D eigenvalue weighted by atomic mass is 32.2. The van der Waals surface area contributed by atoms with Crippen LogP contribution >= 0.6 is 0 Å². The standard InChI is InChI=1S/C30H26F5N5O4S/c31-23-24(32)26(34)28(27(35)25(23)33)45(43,44)40-11-9-22(40)30(42)39(20-6-7-21-18(13-20)14-37-38-29(21)41)15-19-12-17(8-10-36-19)16-4-2-1-3-5-16/h6-8,10,12-14,16,22H,1-5,9,11,15H2,(H,38,41)/t22-/m1/s1. The largest absolute Gasteiger partial charge is 0.305 e. The Hall–Kier alpha value is -4.24. The number of carbonyl (C=O) groups is 1. The van der Waals surface area contributed by atoms with Crippen molar-refractivity contribution in [2.24, 2.45) is 0 Å². The molecule has 1 atom stereocenters. The first-order valence-electron chi connectivity index (χ1n) is 14.3. The maximum Gasteiger partial charge on any atom is 0.272 e. The summed E-state index contributed by atoms with van der Waals surface area (Å²) in [6.45, 7) is -0.549. The van der Waals surface area contributed by atoms with Gasteiger partial charge in [-0.1, -0.05) is 19.3 Å². The summed E-state index contributed by atoms with van der Waals surface area (Å²) >= 11 is 0. The molecule has 0 radical (unpaired) electrons. The van der Waals surface area contributed by atoms with Crippen molar-refractivity contribution < 1.29 is 35.2 Å². The van der Waals surface area contributed by atoms with Crippen LogP contribution in [0.15, 0.2) is 52.4 Å². The molecule has 45 heavy (non-hydrogen) atoms. The highest BCUT2D eigenvalue weighted by Crippen LogP contribution is 2.36. The summed E-state index contributed by atoms with van der Waals surface area (Å²) in [5, 5.41) is 6.74. The van der Waals surface area contributed by atoms with Crippen molar-refractivity contribution in [1.29, 1.82) is 0 Å². The Kier molecular flexibility index (Phi) is 8.16. The number of rotatable bonds is 7. The number of aromatic amines is 1. The molecule has 0 spiro atoms. The van der Waals surface area contributed by atoms with Gasteiger partial charge >= 0.3 is 0 Å². The van der Waals surface area contributed by atoms with Crippen LogP contribution in [-0.2, 0) is 21.4 Å². The maximum absolute atomic E-state index is 14.6. The van der Waals surface area contributed by atoms with E-state index in [1.807, 2.05) is 12.1 Å². The van der Waals surface area contributed by atoms with Crippen molar-refractivity contribution in [2.45, 2.75) is 61.9 Å². The van der Waals surface area contributed by atoms with Crippen LogP contribution in [0.1, 0.15) is 55.7 Å². The number of hydrogen-bond acceptors (Lipinski definition) is 6. The quantitative estimate of drug-likeness (QED) is 0.170. The third-order valence-corrected chi connectivity index (χ3v) is 10.4. The Bertz CT molecular complexity index is 1950. The predicted molar refractivity (Wildman–Crippen MR) is 152 cm³/mol. The Balaban J connectivity index is 1.38. The average molecular weight is 648 g/mol. The van der Waals surface area contributed by atoms with Gasteiger partial charge in [-0.15, -0.1) is 0 Å². The molecule has 1 saturated carbocycles. The van der Waals surface area contributed by atoms with E-state index in [2.05, 4.69) is 15.2 Å². The number of hydrogen-bond donors (Lipinski definition) is 1. The van der Waals surface area contributed by atoms with Crippen LogP contribution in [0.2, 0.25) is 0 Å². The zero-order valence-electron chi connectivity index (χ0n) is 23.6. The topological polar surface area (TPSA) is 116 Å². The summed E-state index contributed by atoms with van der Waals surface area (Å²) in [6, 6.07) is 6.68. The molecule has 15 heteroatoms. The molecule has 2 aromatic heterocycles. The van der Waals surface area contributed by atoms with E-state index in [0.29, 0.717) is 21.3 Å². The Morgan fingerprint density at radius 2 is 1.62 bits per heavy atom. The second kappa shape index (κ2) is 11.9. The van der Waals surface area contributed by atoms with Gasteiger partial charge in [0.15, 0.2) is 28.2 Å². The minimum absolute atomic E-state index is 0.0890. The lowest BCUT2D eigenvalue weighted by Crippen LogP contribution is -2.59. The number of H-pyrrole nitrogens is 1.